The summed E-state index contributed by atoms with van der Waals surface area (Å²) in [6.07, 6.45) is 7.21. The number of amides is 1. The van der Waals surface area contributed by atoms with Crippen LogP contribution in [0.25, 0.3) is 0 Å². The lowest BCUT2D eigenvalue weighted by molar-refractivity contribution is -0.152. The Hall–Kier alpha value is -2.04. The average Bonchev–Trinajstić information content (AvgIpc) is 3.00. The van der Waals surface area contributed by atoms with Crippen LogP contribution in [0.15, 0.2) is 30.3 Å². The molecule has 1 aliphatic heterocycles. The van der Waals surface area contributed by atoms with Gasteiger partial charge in [0.2, 0.25) is 0 Å². The Bertz CT molecular complexity index is 612. The van der Waals surface area contributed by atoms with E-state index in [1.54, 1.807) is 0 Å². The van der Waals surface area contributed by atoms with Gasteiger partial charge < -0.3 is 14.4 Å². The van der Waals surface area contributed by atoms with E-state index >= 15 is 0 Å². The Kier molecular flexibility index (Phi) is 7.13. The first-order chi connectivity index (χ1) is 13.2. The number of benzene rings is 1. The number of unbranched alkanes of at least 4 members (excludes halogenated alkanes) is 1. The van der Waals surface area contributed by atoms with Crippen LogP contribution >= 0.6 is 0 Å². The van der Waals surface area contributed by atoms with Gasteiger partial charge in [0.05, 0.1) is 12.0 Å². The summed E-state index contributed by atoms with van der Waals surface area (Å²) >= 11 is 0. The van der Waals surface area contributed by atoms with Crippen molar-refractivity contribution in [2.24, 2.45) is 5.92 Å². The SMILES string of the molecule is CCCCN1C(=O)O[C@H](COC(=O)C2CCCCC2)[C@H]1Cc1ccccc1. The molecule has 27 heavy (non-hydrogen) atoms. The van der Waals surface area contributed by atoms with Gasteiger partial charge in [0.1, 0.15) is 6.61 Å². The van der Waals surface area contributed by atoms with Crippen LogP contribution in [-0.2, 0) is 20.7 Å². The van der Waals surface area contributed by atoms with Crippen LogP contribution in [0.5, 0.6) is 0 Å². The first kappa shape index (κ1) is 19.7. The lowest BCUT2D eigenvalue weighted by Gasteiger charge is -2.25. The highest BCUT2D eigenvalue weighted by molar-refractivity contribution is 5.73. The van der Waals surface area contributed by atoms with Crippen molar-refractivity contribution >= 4 is 12.1 Å². The van der Waals surface area contributed by atoms with E-state index < -0.39 is 6.10 Å². The van der Waals surface area contributed by atoms with E-state index in [9.17, 15) is 9.59 Å². The number of cyclic esters (lactones) is 1. The van der Waals surface area contributed by atoms with Crippen LogP contribution in [0.1, 0.15) is 57.4 Å². The highest BCUT2D eigenvalue weighted by atomic mass is 16.6. The third-order valence-corrected chi connectivity index (χ3v) is 5.68. The normalized spacial score (nSPS) is 23.3. The van der Waals surface area contributed by atoms with Gasteiger partial charge in [-0.1, -0.05) is 62.9 Å². The molecule has 1 aromatic rings. The molecule has 1 aliphatic carbocycles. The molecule has 0 N–H and O–H groups in total. The van der Waals surface area contributed by atoms with Crippen molar-refractivity contribution in [1.29, 1.82) is 0 Å². The summed E-state index contributed by atoms with van der Waals surface area (Å²) in [5.41, 5.74) is 1.16. The van der Waals surface area contributed by atoms with Crippen molar-refractivity contribution in [1.82, 2.24) is 4.90 Å². The second kappa shape index (κ2) is 9.77. The van der Waals surface area contributed by atoms with E-state index in [1.807, 2.05) is 23.1 Å². The van der Waals surface area contributed by atoms with E-state index in [0.29, 0.717) is 13.0 Å². The standard InChI is InChI=1S/C22H31NO4/c1-2-3-14-23-19(15-17-10-6-4-7-11-17)20(27-22(23)25)16-26-21(24)18-12-8-5-9-13-18/h4,6-7,10-11,18-20H,2-3,5,8-9,12-16H2,1H3/t19-,20-/m1/s1. The van der Waals surface area contributed by atoms with Gasteiger partial charge in [-0.25, -0.2) is 4.79 Å². The summed E-state index contributed by atoms with van der Waals surface area (Å²) in [7, 11) is 0. The predicted octanol–water partition coefficient (Wildman–Crippen LogP) is 4.34. The topological polar surface area (TPSA) is 55.8 Å². The molecule has 1 saturated carbocycles. The summed E-state index contributed by atoms with van der Waals surface area (Å²) in [5, 5.41) is 0. The van der Waals surface area contributed by atoms with E-state index in [4.69, 9.17) is 9.47 Å². The fraction of sp³-hybridized carbons (Fsp3) is 0.636. The summed E-state index contributed by atoms with van der Waals surface area (Å²) in [6, 6.07) is 10.0. The van der Waals surface area contributed by atoms with Crippen LogP contribution in [0.4, 0.5) is 4.79 Å². The quantitative estimate of drug-likeness (QED) is 0.636. The molecule has 0 aromatic heterocycles. The molecule has 2 aliphatic rings. The molecule has 5 heteroatoms. The third-order valence-electron chi connectivity index (χ3n) is 5.68. The van der Waals surface area contributed by atoms with Gasteiger partial charge in [-0.2, -0.15) is 0 Å². The molecule has 2 atom stereocenters. The Morgan fingerprint density at radius 1 is 1.19 bits per heavy atom. The molecule has 0 unspecified atom stereocenters. The van der Waals surface area contributed by atoms with Crippen molar-refractivity contribution < 1.29 is 19.1 Å². The molecule has 0 radical (unpaired) electrons. The Morgan fingerprint density at radius 2 is 1.93 bits per heavy atom. The van der Waals surface area contributed by atoms with Crippen LogP contribution < -0.4 is 0 Å². The number of nitrogens with zero attached hydrogens (tertiary/aromatic N) is 1. The molecular formula is C22H31NO4. The molecule has 0 spiro atoms. The van der Waals surface area contributed by atoms with E-state index in [-0.39, 0.29) is 30.6 Å². The molecule has 1 saturated heterocycles. The van der Waals surface area contributed by atoms with Crippen molar-refractivity contribution in [2.75, 3.05) is 13.2 Å². The maximum atomic E-state index is 12.4. The highest BCUT2D eigenvalue weighted by Crippen LogP contribution is 2.27. The van der Waals surface area contributed by atoms with Crippen LogP contribution in [-0.4, -0.2) is 42.3 Å². The zero-order valence-electron chi connectivity index (χ0n) is 16.3. The summed E-state index contributed by atoms with van der Waals surface area (Å²) < 4.78 is 11.2. The molecule has 0 bridgehead atoms. The fourth-order valence-corrected chi connectivity index (χ4v) is 4.06. The predicted molar refractivity (Wildman–Crippen MR) is 103 cm³/mol. The lowest BCUT2D eigenvalue weighted by Crippen LogP contribution is -2.41. The molecule has 148 valence electrons. The van der Waals surface area contributed by atoms with Gasteiger partial charge in [-0.15, -0.1) is 0 Å². The molecule has 2 fully saturated rings. The maximum Gasteiger partial charge on any atom is 0.410 e. The van der Waals surface area contributed by atoms with Gasteiger partial charge in [0, 0.05) is 6.54 Å². The van der Waals surface area contributed by atoms with Crippen molar-refractivity contribution in [3.8, 4) is 0 Å². The Labute approximate surface area is 162 Å². The third kappa shape index (κ3) is 5.24. The summed E-state index contributed by atoms with van der Waals surface area (Å²) in [4.78, 5) is 26.6. The first-order valence-electron chi connectivity index (χ1n) is 10.4. The molecule has 1 amide bonds. The fourth-order valence-electron chi connectivity index (χ4n) is 4.06. The lowest BCUT2D eigenvalue weighted by atomic mass is 9.89. The number of carbonyl (C=O) groups excluding carboxylic acids is 2. The zero-order chi connectivity index (χ0) is 19.1. The van der Waals surface area contributed by atoms with Gasteiger partial charge in [0.25, 0.3) is 0 Å². The second-order valence-corrected chi connectivity index (χ2v) is 7.69. The van der Waals surface area contributed by atoms with E-state index in [1.165, 1.54) is 6.42 Å². The van der Waals surface area contributed by atoms with Crippen molar-refractivity contribution in [2.45, 2.75) is 70.4 Å². The van der Waals surface area contributed by atoms with Gasteiger partial charge in [-0.05, 0) is 31.2 Å². The Morgan fingerprint density at radius 3 is 2.63 bits per heavy atom. The van der Waals surface area contributed by atoms with E-state index in [2.05, 4.69) is 19.1 Å². The minimum absolute atomic E-state index is 0.0135. The van der Waals surface area contributed by atoms with Gasteiger partial charge in [-0.3, -0.25) is 4.79 Å². The number of carbonyl (C=O) groups is 2. The monoisotopic (exact) mass is 373 g/mol. The average molecular weight is 373 g/mol. The van der Waals surface area contributed by atoms with Crippen LogP contribution in [0.3, 0.4) is 0 Å². The Balaban J connectivity index is 1.63. The molecule has 1 heterocycles. The van der Waals surface area contributed by atoms with Crippen LogP contribution in [0, 0.1) is 5.92 Å². The van der Waals surface area contributed by atoms with Gasteiger partial charge >= 0.3 is 12.1 Å². The highest BCUT2D eigenvalue weighted by Gasteiger charge is 2.42. The van der Waals surface area contributed by atoms with Crippen LogP contribution in [0.2, 0.25) is 0 Å². The number of esters is 1. The summed E-state index contributed by atoms with van der Waals surface area (Å²) in [5.74, 6) is -0.115. The number of rotatable bonds is 8. The zero-order valence-corrected chi connectivity index (χ0v) is 16.3. The summed E-state index contributed by atoms with van der Waals surface area (Å²) in [6.45, 7) is 2.94. The van der Waals surface area contributed by atoms with Crippen molar-refractivity contribution in [3.05, 3.63) is 35.9 Å². The number of ether oxygens (including phenoxy) is 2. The molecule has 1 aromatic carbocycles. The van der Waals surface area contributed by atoms with E-state index in [0.717, 1.165) is 44.1 Å². The number of hydrogen-bond donors (Lipinski definition) is 0. The van der Waals surface area contributed by atoms with Crippen molar-refractivity contribution in [3.63, 3.8) is 0 Å². The smallest absolute Gasteiger partial charge is 0.410 e. The largest absolute Gasteiger partial charge is 0.461 e. The maximum absolute atomic E-state index is 12.4. The minimum Gasteiger partial charge on any atom is -0.461 e. The first-order valence-corrected chi connectivity index (χ1v) is 10.4. The minimum atomic E-state index is -0.401. The number of hydrogen-bond acceptors (Lipinski definition) is 4. The molecule has 3 rings (SSSR count). The molecular weight excluding hydrogens is 342 g/mol. The molecule has 5 nitrogen and oxygen atoms in total. The van der Waals surface area contributed by atoms with Gasteiger partial charge in [0.15, 0.2) is 6.10 Å². The second-order valence-electron chi connectivity index (χ2n) is 7.69.